The van der Waals surface area contributed by atoms with E-state index in [1.54, 1.807) is 0 Å². The van der Waals surface area contributed by atoms with E-state index in [2.05, 4.69) is 20.4 Å². The van der Waals surface area contributed by atoms with Gasteiger partial charge in [0.05, 0.1) is 0 Å². The van der Waals surface area contributed by atoms with Crippen LogP contribution in [0, 0.1) is 11.8 Å². The van der Waals surface area contributed by atoms with Gasteiger partial charge in [0.1, 0.15) is 0 Å². The molecule has 1 aliphatic rings. The van der Waals surface area contributed by atoms with Gasteiger partial charge in [-0.2, -0.15) is 0 Å². The molecule has 0 aromatic carbocycles. The van der Waals surface area contributed by atoms with E-state index in [4.69, 9.17) is 0 Å². The van der Waals surface area contributed by atoms with Crippen molar-refractivity contribution in [3.05, 3.63) is 12.2 Å². The van der Waals surface area contributed by atoms with E-state index >= 15 is 0 Å². The number of hydrogen-bond acceptors (Lipinski definition) is 0. The van der Waals surface area contributed by atoms with Crippen LogP contribution in [0.1, 0.15) is 52.4 Å². The number of rotatable bonds is 3. The van der Waals surface area contributed by atoms with Gasteiger partial charge in [-0.3, -0.25) is 0 Å². The molecular weight excluding hydrogens is 144 g/mol. The molecule has 0 heterocycles. The highest BCUT2D eigenvalue weighted by molar-refractivity contribution is 5.01. The largest absolute Gasteiger partial charge is 0.0996 e. The molecule has 0 spiro atoms. The minimum absolute atomic E-state index is 0.862. The maximum Gasteiger partial charge on any atom is -0.0206 e. The molecule has 1 aliphatic carbocycles. The topological polar surface area (TPSA) is 0 Å². The Morgan fingerprint density at radius 1 is 1.25 bits per heavy atom. The third kappa shape index (κ3) is 2.66. The van der Waals surface area contributed by atoms with Crippen molar-refractivity contribution in [1.82, 2.24) is 0 Å². The van der Waals surface area contributed by atoms with Crippen LogP contribution in [0.5, 0.6) is 0 Å². The first-order valence-corrected chi connectivity index (χ1v) is 5.41. The Morgan fingerprint density at radius 2 is 1.83 bits per heavy atom. The van der Waals surface area contributed by atoms with Crippen molar-refractivity contribution in [3.63, 3.8) is 0 Å². The van der Waals surface area contributed by atoms with Crippen molar-refractivity contribution in [3.8, 4) is 0 Å². The summed E-state index contributed by atoms with van der Waals surface area (Å²) in [5.41, 5.74) is 1.52. The van der Waals surface area contributed by atoms with Crippen LogP contribution < -0.4 is 0 Å². The Balaban J connectivity index is 2.29. The standard InChI is InChI=1S/C12H22/c1-4-5-11(3)12-8-6-10(2)7-9-12/h10,12H,3-9H2,1-2H3. The predicted octanol–water partition coefficient (Wildman–Crippen LogP) is 4.17. The lowest BCUT2D eigenvalue weighted by Gasteiger charge is -2.27. The second-order valence-electron chi connectivity index (χ2n) is 4.37. The summed E-state index contributed by atoms with van der Waals surface area (Å²) in [6.45, 7) is 8.81. The van der Waals surface area contributed by atoms with Crippen molar-refractivity contribution in [2.75, 3.05) is 0 Å². The van der Waals surface area contributed by atoms with Crippen molar-refractivity contribution in [2.24, 2.45) is 11.8 Å². The van der Waals surface area contributed by atoms with Crippen LogP contribution >= 0.6 is 0 Å². The summed E-state index contributed by atoms with van der Waals surface area (Å²) >= 11 is 0. The van der Waals surface area contributed by atoms with Crippen LogP contribution in [0.25, 0.3) is 0 Å². The quantitative estimate of drug-likeness (QED) is 0.552. The molecule has 0 heteroatoms. The lowest BCUT2D eigenvalue weighted by atomic mass is 9.78. The fraction of sp³-hybridized carbons (Fsp3) is 0.833. The molecule has 70 valence electrons. The Hall–Kier alpha value is -0.260. The van der Waals surface area contributed by atoms with E-state index in [9.17, 15) is 0 Å². The lowest BCUT2D eigenvalue weighted by molar-refractivity contribution is 0.316. The van der Waals surface area contributed by atoms with Crippen LogP contribution in [-0.4, -0.2) is 0 Å². The minimum Gasteiger partial charge on any atom is -0.0996 e. The molecule has 0 atom stereocenters. The zero-order valence-corrected chi connectivity index (χ0v) is 8.60. The highest BCUT2D eigenvalue weighted by Gasteiger charge is 2.19. The Bertz CT molecular complexity index is 138. The fourth-order valence-electron chi connectivity index (χ4n) is 2.19. The van der Waals surface area contributed by atoms with E-state index < -0.39 is 0 Å². The highest BCUT2D eigenvalue weighted by atomic mass is 14.2. The van der Waals surface area contributed by atoms with Crippen molar-refractivity contribution in [2.45, 2.75) is 52.4 Å². The normalized spacial score (nSPS) is 30.2. The first kappa shape index (κ1) is 9.83. The summed E-state index contributed by atoms with van der Waals surface area (Å²) in [6, 6.07) is 0. The fourth-order valence-corrected chi connectivity index (χ4v) is 2.19. The molecule has 0 aliphatic heterocycles. The maximum atomic E-state index is 4.19. The second kappa shape index (κ2) is 4.69. The molecule has 0 aromatic rings. The van der Waals surface area contributed by atoms with Gasteiger partial charge in [-0.05, 0) is 31.1 Å². The molecule has 1 fully saturated rings. The average molecular weight is 166 g/mol. The van der Waals surface area contributed by atoms with Gasteiger partial charge in [0.15, 0.2) is 0 Å². The maximum absolute atomic E-state index is 4.19. The zero-order chi connectivity index (χ0) is 8.97. The minimum atomic E-state index is 0.862. The summed E-state index contributed by atoms with van der Waals surface area (Å²) in [4.78, 5) is 0. The van der Waals surface area contributed by atoms with E-state index in [1.807, 2.05) is 0 Å². The SMILES string of the molecule is C=C(CCC)C1CCC(C)CC1. The van der Waals surface area contributed by atoms with Gasteiger partial charge in [-0.1, -0.05) is 45.3 Å². The van der Waals surface area contributed by atoms with E-state index in [-0.39, 0.29) is 0 Å². The average Bonchev–Trinajstić information content (AvgIpc) is 2.06. The van der Waals surface area contributed by atoms with Crippen molar-refractivity contribution >= 4 is 0 Å². The predicted molar refractivity (Wildman–Crippen MR) is 55.2 cm³/mol. The smallest absolute Gasteiger partial charge is 0.0206 e. The first-order chi connectivity index (χ1) is 5.74. The molecule has 0 unspecified atom stereocenters. The molecule has 1 saturated carbocycles. The third-order valence-corrected chi connectivity index (χ3v) is 3.16. The van der Waals surface area contributed by atoms with Gasteiger partial charge in [0.2, 0.25) is 0 Å². The second-order valence-corrected chi connectivity index (χ2v) is 4.37. The summed E-state index contributed by atoms with van der Waals surface area (Å²) in [7, 11) is 0. The third-order valence-electron chi connectivity index (χ3n) is 3.16. The van der Waals surface area contributed by atoms with Gasteiger partial charge in [-0.15, -0.1) is 0 Å². The molecule has 0 aromatic heterocycles. The van der Waals surface area contributed by atoms with Gasteiger partial charge in [-0.25, -0.2) is 0 Å². The van der Waals surface area contributed by atoms with Gasteiger partial charge in [0.25, 0.3) is 0 Å². The van der Waals surface area contributed by atoms with Gasteiger partial charge < -0.3 is 0 Å². The summed E-state index contributed by atoms with van der Waals surface area (Å²) in [5.74, 6) is 1.83. The Labute approximate surface area is 77.1 Å². The molecule has 0 bridgehead atoms. The molecule has 1 rings (SSSR count). The molecule has 0 saturated heterocycles. The molecule has 0 radical (unpaired) electrons. The summed E-state index contributed by atoms with van der Waals surface area (Å²) < 4.78 is 0. The Morgan fingerprint density at radius 3 is 2.33 bits per heavy atom. The van der Waals surface area contributed by atoms with Crippen LogP contribution in [0.15, 0.2) is 12.2 Å². The van der Waals surface area contributed by atoms with Crippen molar-refractivity contribution < 1.29 is 0 Å². The molecule has 12 heavy (non-hydrogen) atoms. The van der Waals surface area contributed by atoms with Crippen molar-refractivity contribution in [1.29, 1.82) is 0 Å². The van der Waals surface area contributed by atoms with Crippen LogP contribution in [-0.2, 0) is 0 Å². The van der Waals surface area contributed by atoms with Crippen LogP contribution in [0.2, 0.25) is 0 Å². The molecule has 0 N–H and O–H groups in total. The number of hydrogen-bond donors (Lipinski definition) is 0. The van der Waals surface area contributed by atoms with Gasteiger partial charge in [0, 0.05) is 0 Å². The summed E-state index contributed by atoms with van der Waals surface area (Å²) in [6.07, 6.45) is 8.17. The molecule has 0 nitrogen and oxygen atoms in total. The number of allylic oxidation sites excluding steroid dienone is 1. The highest BCUT2D eigenvalue weighted by Crippen LogP contribution is 2.33. The Kier molecular flexibility index (Phi) is 3.84. The summed E-state index contributed by atoms with van der Waals surface area (Å²) in [5, 5.41) is 0. The first-order valence-electron chi connectivity index (χ1n) is 5.41. The molecule has 0 amide bonds. The lowest BCUT2D eigenvalue weighted by Crippen LogP contribution is -2.13. The van der Waals surface area contributed by atoms with E-state index in [0.29, 0.717) is 0 Å². The van der Waals surface area contributed by atoms with Crippen LogP contribution in [0.4, 0.5) is 0 Å². The molecular formula is C12H22. The van der Waals surface area contributed by atoms with E-state index in [1.165, 1.54) is 44.1 Å². The van der Waals surface area contributed by atoms with Crippen LogP contribution in [0.3, 0.4) is 0 Å². The van der Waals surface area contributed by atoms with E-state index in [0.717, 1.165) is 11.8 Å². The van der Waals surface area contributed by atoms with Gasteiger partial charge >= 0.3 is 0 Å². The zero-order valence-electron chi connectivity index (χ0n) is 8.60. The monoisotopic (exact) mass is 166 g/mol.